The van der Waals surface area contributed by atoms with E-state index < -0.39 is 0 Å². The molecule has 0 amide bonds. The van der Waals surface area contributed by atoms with E-state index in [0.717, 1.165) is 0 Å². The molecule has 11 heavy (non-hydrogen) atoms. The Morgan fingerprint density at radius 2 is 2.18 bits per heavy atom. The maximum Gasteiger partial charge on any atom is 0.160 e. The summed E-state index contributed by atoms with van der Waals surface area (Å²) < 4.78 is 4.81. The van der Waals surface area contributed by atoms with Gasteiger partial charge >= 0.3 is 0 Å². The van der Waals surface area contributed by atoms with E-state index in [9.17, 15) is 5.11 Å². The predicted octanol–water partition coefficient (Wildman–Crippen LogP) is 0.893. The minimum Gasteiger partial charge on any atom is -0.504 e. The van der Waals surface area contributed by atoms with Gasteiger partial charge in [-0.3, -0.25) is 0 Å². The van der Waals surface area contributed by atoms with E-state index in [2.05, 4.69) is 0 Å². The molecule has 0 saturated heterocycles. The Labute approximate surface area is 64.9 Å². The van der Waals surface area contributed by atoms with Crippen LogP contribution in [0.3, 0.4) is 0 Å². The standard InChI is InChI=1S/C8H10O3/c1-11-8-3-2-6(5-9)4-7(8)10/h2-4,9-10H,5H2,1H3. The SMILES string of the molecule is COc1ccc(CO)cc1O. The lowest BCUT2D eigenvalue weighted by atomic mass is 10.2. The average molecular weight is 154 g/mol. The molecule has 2 N–H and O–H groups in total. The number of methoxy groups -OCH3 is 1. The van der Waals surface area contributed by atoms with E-state index >= 15 is 0 Å². The highest BCUT2D eigenvalue weighted by Crippen LogP contribution is 2.25. The lowest BCUT2D eigenvalue weighted by Gasteiger charge is -2.03. The first-order valence-electron chi connectivity index (χ1n) is 3.24. The molecule has 0 saturated carbocycles. The van der Waals surface area contributed by atoms with E-state index in [1.807, 2.05) is 0 Å². The van der Waals surface area contributed by atoms with Crippen molar-refractivity contribution in [1.29, 1.82) is 0 Å². The number of hydrogen-bond donors (Lipinski definition) is 2. The van der Waals surface area contributed by atoms with Crippen molar-refractivity contribution in [2.75, 3.05) is 7.11 Å². The number of aliphatic hydroxyl groups excluding tert-OH is 1. The zero-order valence-electron chi connectivity index (χ0n) is 6.24. The number of ether oxygens (including phenoxy) is 1. The topological polar surface area (TPSA) is 49.7 Å². The van der Waals surface area contributed by atoms with Crippen LogP contribution in [0.4, 0.5) is 0 Å². The van der Waals surface area contributed by atoms with E-state index in [4.69, 9.17) is 9.84 Å². The van der Waals surface area contributed by atoms with Gasteiger partial charge in [0.25, 0.3) is 0 Å². The highest BCUT2D eigenvalue weighted by atomic mass is 16.5. The molecule has 0 aliphatic carbocycles. The molecule has 1 aromatic rings. The van der Waals surface area contributed by atoms with Crippen molar-refractivity contribution in [3.05, 3.63) is 23.8 Å². The summed E-state index contributed by atoms with van der Waals surface area (Å²) in [6.07, 6.45) is 0. The predicted molar refractivity (Wildman–Crippen MR) is 40.6 cm³/mol. The monoisotopic (exact) mass is 154 g/mol. The maximum absolute atomic E-state index is 9.19. The van der Waals surface area contributed by atoms with E-state index in [0.29, 0.717) is 11.3 Å². The summed E-state index contributed by atoms with van der Waals surface area (Å²) >= 11 is 0. The summed E-state index contributed by atoms with van der Waals surface area (Å²) in [5.41, 5.74) is 0.670. The Bertz CT molecular complexity index is 245. The highest BCUT2D eigenvalue weighted by Gasteiger charge is 2.00. The van der Waals surface area contributed by atoms with Crippen LogP contribution in [0.2, 0.25) is 0 Å². The van der Waals surface area contributed by atoms with Gasteiger partial charge in [0, 0.05) is 0 Å². The van der Waals surface area contributed by atoms with Gasteiger partial charge in [-0.2, -0.15) is 0 Å². The molecule has 60 valence electrons. The van der Waals surface area contributed by atoms with Crippen molar-refractivity contribution >= 4 is 0 Å². The van der Waals surface area contributed by atoms with Gasteiger partial charge in [-0.1, -0.05) is 6.07 Å². The summed E-state index contributed by atoms with van der Waals surface area (Å²) in [7, 11) is 1.48. The van der Waals surface area contributed by atoms with Crippen LogP contribution in [-0.2, 0) is 6.61 Å². The molecule has 0 radical (unpaired) electrons. The fraction of sp³-hybridized carbons (Fsp3) is 0.250. The fourth-order valence-electron chi connectivity index (χ4n) is 0.834. The Morgan fingerprint density at radius 1 is 1.45 bits per heavy atom. The van der Waals surface area contributed by atoms with Gasteiger partial charge in [0.1, 0.15) is 0 Å². The Morgan fingerprint density at radius 3 is 2.64 bits per heavy atom. The molecule has 0 bridgehead atoms. The number of phenols is 1. The second-order valence-electron chi connectivity index (χ2n) is 2.16. The summed E-state index contributed by atoms with van der Waals surface area (Å²) in [4.78, 5) is 0. The summed E-state index contributed by atoms with van der Waals surface area (Å²) in [6, 6.07) is 4.78. The van der Waals surface area contributed by atoms with Crippen LogP contribution in [0.15, 0.2) is 18.2 Å². The average Bonchev–Trinajstić information content (AvgIpc) is 2.04. The van der Waals surface area contributed by atoms with Crippen molar-refractivity contribution in [3.63, 3.8) is 0 Å². The van der Waals surface area contributed by atoms with Crippen LogP contribution in [0, 0.1) is 0 Å². The largest absolute Gasteiger partial charge is 0.504 e. The number of rotatable bonds is 2. The zero-order valence-corrected chi connectivity index (χ0v) is 6.24. The normalized spacial score (nSPS) is 9.64. The van der Waals surface area contributed by atoms with Gasteiger partial charge in [0.2, 0.25) is 0 Å². The third-order valence-electron chi connectivity index (χ3n) is 1.43. The molecule has 1 aromatic carbocycles. The molecule has 0 fully saturated rings. The maximum atomic E-state index is 9.19. The quantitative estimate of drug-likeness (QED) is 0.665. The highest BCUT2D eigenvalue weighted by molar-refractivity contribution is 5.41. The van der Waals surface area contributed by atoms with Crippen molar-refractivity contribution in [1.82, 2.24) is 0 Å². The van der Waals surface area contributed by atoms with Crippen molar-refractivity contribution in [2.45, 2.75) is 6.61 Å². The molecule has 3 nitrogen and oxygen atoms in total. The molecule has 0 heterocycles. The van der Waals surface area contributed by atoms with Gasteiger partial charge in [0.15, 0.2) is 11.5 Å². The van der Waals surface area contributed by atoms with Crippen molar-refractivity contribution in [3.8, 4) is 11.5 Å². The lowest BCUT2D eigenvalue weighted by Crippen LogP contribution is -1.86. The van der Waals surface area contributed by atoms with Gasteiger partial charge in [-0.15, -0.1) is 0 Å². The Kier molecular flexibility index (Phi) is 2.33. The lowest BCUT2D eigenvalue weighted by molar-refractivity contribution is 0.280. The Hall–Kier alpha value is -1.22. The molecular formula is C8H10O3. The molecular weight excluding hydrogens is 144 g/mol. The van der Waals surface area contributed by atoms with Gasteiger partial charge < -0.3 is 14.9 Å². The Balaban J connectivity index is 2.99. The third-order valence-corrected chi connectivity index (χ3v) is 1.43. The van der Waals surface area contributed by atoms with Crippen LogP contribution >= 0.6 is 0 Å². The number of phenolic OH excluding ortho intramolecular Hbond substituents is 1. The number of benzene rings is 1. The summed E-state index contributed by atoms with van der Waals surface area (Å²) in [5, 5.41) is 17.9. The van der Waals surface area contributed by atoms with Crippen molar-refractivity contribution < 1.29 is 14.9 Å². The number of hydrogen-bond acceptors (Lipinski definition) is 3. The molecule has 0 unspecified atom stereocenters. The molecule has 1 rings (SSSR count). The molecule has 0 aliphatic rings. The van der Waals surface area contributed by atoms with E-state index in [1.165, 1.54) is 13.2 Å². The minimum atomic E-state index is -0.0719. The first-order chi connectivity index (χ1) is 5.27. The first kappa shape index (κ1) is 7.88. The second-order valence-corrected chi connectivity index (χ2v) is 2.16. The van der Waals surface area contributed by atoms with Gasteiger partial charge in [0.05, 0.1) is 13.7 Å². The number of aromatic hydroxyl groups is 1. The molecule has 0 aliphatic heterocycles. The van der Waals surface area contributed by atoms with Crippen LogP contribution < -0.4 is 4.74 Å². The zero-order chi connectivity index (χ0) is 8.27. The van der Waals surface area contributed by atoms with Crippen LogP contribution in [0.25, 0.3) is 0 Å². The summed E-state index contributed by atoms with van der Waals surface area (Å²) in [6.45, 7) is -0.0719. The minimum absolute atomic E-state index is 0.0547. The molecule has 0 aromatic heterocycles. The van der Waals surface area contributed by atoms with E-state index in [-0.39, 0.29) is 12.4 Å². The van der Waals surface area contributed by atoms with Crippen LogP contribution in [0.1, 0.15) is 5.56 Å². The molecule has 0 atom stereocenters. The third kappa shape index (κ3) is 1.62. The van der Waals surface area contributed by atoms with Crippen molar-refractivity contribution in [2.24, 2.45) is 0 Å². The van der Waals surface area contributed by atoms with Gasteiger partial charge in [-0.05, 0) is 17.7 Å². The summed E-state index contributed by atoms with van der Waals surface area (Å²) in [5.74, 6) is 0.473. The van der Waals surface area contributed by atoms with Gasteiger partial charge in [-0.25, -0.2) is 0 Å². The molecule has 3 heteroatoms. The second kappa shape index (κ2) is 3.25. The van der Waals surface area contributed by atoms with Crippen LogP contribution in [0.5, 0.6) is 11.5 Å². The smallest absolute Gasteiger partial charge is 0.160 e. The number of aliphatic hydroxyl groups is 1. The molecule has 0 spiro atoms. The van der Waals surface area contributed by atoms with E-state index in [1.54, 1.807) is 12.1 Å². The fourth-order valence-corrected chi connectivity index (χ4v) is 0.834. The first-order valence-corrected chi connectivity index (χ1v) is 3.24. The van der Waals surface area contributed by atoms with Crippen LogP contribution in [-0.4, -0.2) is 17.3 Å².